The van der Waals surface area contributed by atoms with E-state index in [-0.39, 0.29) is 0 Å². The van der Waals surface area contributed by atoms with E-state index in [2.05, 4.69) is 5.43 Å². The molecule has 0 amide bonds. The lowest BCUT2D eigenvalue weighted by atomic mass is 10.3. The van der Waals surface area contributed by atoms with E-state index in [1.807, 2.05) is 0 Å². The molecule has 0 aliphatic rings. The van der Waals surface area contributed by atoms with Gasteiger partial charge in [0.15, 0.2) is 0 Å². The molecule has 1 aromatic rings. The van der Waals surface area contributed by atoms with Crippen LogP contribution in [0.25, 0.3) is 0 Å². The van der Waals surface area contributed by atoms with Crippen molar-refractivity contribution in [1.82, 2.24) is 0 Å². The Kier molecular flexibility index (Phi) is 6.08. The summed E-state index contributed by atoms with van der Waals surface area (Å²) in [6.45, 7) is 0. The van der Waals surface area contributed by atoms with Gasteiger partial charge in [-0.2, -0.15) is 8.42 Å². The first-order valence-corrected chi connectivity index (χ1v) is 5.55. The van der Waals surface area contributed by atoms with Gasteiger partial charge in [0.1, 0.15) is 5.75 Å². The second-order valence-electron chi connectivity index (χ2n) is 2.47. The van der Waals surface area contributed by atoms with Gasteiger partial charge in [0, 0.05) is 11.1 Å². The Labute approximate surface area is 97.7 Å². The number of hydrogen-bond acceptors (Lipinski definition) is 5. The van der Waals surface area contributed by atoms with E-state index >= 15 is 0 Å². The minimum Gasteiger partial charge on any atom is -0.497 e. The summed E-state index contributed by atoms with van der Waals surface area (Å²) in [5.41, 5.74) is 3.21. The van der Waals surface area contributed by atoms with Gasteiger partial charge in [-0.05, 0) is 12.1 Å². The highest BCUT2D eigenvalue weighted by molar-refractivity contribution is 7.79. The Morgan fingerprint density at radius 2 is 1.88 bits per heavy atom. The molecule has 92 valence electrons. The molecular formula is C7H11ClN2O5S. The highest BCUT2D eigenvalue weighted by atomic mass is 35.5. The van der Waals surface area contributed by atoms with E-state index in [1.54, 1.807) is 25.3 Å². The predicted molar refractivity (Wildman–Crippen MR) is 60.0 cm³/mol. The Hall–Kier alpha value is -1.06. The zero-order valence-electron chi connectivity index (χ0n) is 8.21. The second kappa shape index (κ2) is 6.51. The molecule has 0 spiro atoms. The molecule has 0 fully saturated rings. The third kappa shape index (κ3) is 8.26. The number of nitrogens with two attached hydrogens (primary N) is 1. The molecule has 0 atom stereocenters. The molecular weight excluding hydrogens is 260 g/mol. The van der Waals surface area contributed by atoms with E-state index in [1.165, 1.54) is 0 Å². The number of hydrazine groups is 1. The molecule has 1 aromatic carbocycles. The summed E-state index contributed by atoms with van der Waals surface area (Å²) in [5, 5.41) is 0.595. The summed E-state index contributed by atoms with van der Waals surface area (Å²) in [6.07, 6.45) is 0. The molecule has 0 heterocycles. The van der Waals surface area contributed by atoms with Crippen LogP contribution in [0.5, 0.6) is 5.75 Å². The van der Waals surface area contributed by atoms with Crippen LogP contribution >= 0.6 is 11.6 Å². The molecule has 0 aliphatic heterocycles. The number of hydrogen-bond donors (Lipinski definition) is 4. The van der Waals surface area contributed by atoms with Gasteiger partial charge in [0.2, 0.25) is 0 Å². The largest absolute Gasteiger partial charge is 0.497 e. The SMILES string of the molecule is COc1cc(Cl)cc(NN)c1.O=S(=O)(O)O. The van der Waals surface area contributed by atoms with Gasteiger partial charge in [-0.15, -0.1) is 0 Å². The number of nitrogens with one attached hydrogen (secondary N) is 1. The van der Waals surface area contributed by atoms with Crippen molar-refractivity contribution in [3.05, 3.63) is 23.2 Å². The molecule has 0 bridgehead atoms. The lowest BCUT2D eigenvalue weighted by Gasteiger charge is -2.03. The molecule has 1 rings (SSSR count). The highest BCUT2D eigenvalue weighted by Gasteiger charge is 1.96. The average molecular weight is 271 g/mol. The van der Waals surface area contributed by atoms with Crippen molar-refractivity contribution in [3.8, 4) is 5.75 Å². The summed E-state index contributed by atoms with van der Waals surface area (Å²) >= 11 is 5.73. The first-order valence-electron chi connectivity index (χ1n) is 3.77. The van der Waals surface area contributed by atoms with Gasteiger partial charge in [-0.25, -0.2) is 0 Å². The third-order valence-electron chi connectivity index (χ3n) is 1.27. The second-order valence-corrected chi connectivity index (χ2v) is 3.80. The van der Waals surface area contributed by atoms with Crippen LogP contribution in [0.4, 0.5) is 5.69 Å². The van der Waals surface area contributed by atoms with Crippen LogP contribution in [-0.2, 0) is 10.4 Å². The molecule has 16 heavy (non-hydrogen) atoms. The van der Waals surface area contributed by atoms with Gasteiger partial charge in [0.25, 0.3) is 0 Å². The van der Waals surface area contributed by atoms with Crippen LogP contribution in [-0.4, -0.2) is 24.6 Å². The number of halogens is 1. The normalized spacial score (nSPS) is 10.1. The van der Waals surface area contributed by atoms with E-state index in [0.29, 0.717) is 10.8 Å². The summed E-state index contributed by atoms with van der Waals surface area (Å²) in [5.74, 6) is 5.86. The Morgan fingerprint density at radius 1 is 1.38 bits per heavy atom. The molecule has 9 heteroatoms. The Balaban J connectivity index is 0.000000385. The van der Waals surface area contributed by atoms with Crippen LogP contribution in [0.3, 0.4) is 0 Å². The molecule has 0 aromatic heterocycles. The van der Waals surface area contributed by atoms with Gasteiger partial charge < -0.3 is 10.2 Å². The van der Waals surface area contributed by atoms with Crippen molar-refractivity contribution in [3.63, 3.8) is 0 Å². The fourth-order valence-corrected chi connectivity index (χ4v) is 0.989. The van der Waals surface area contributed by atoms with Gasteiger partial charge in [-0.1, -0.05) is 11.6 Å². The maximum absolute atomic E-state index is 8.74. The number of ether oxygens (including phenoxy) is 1. The van der Waals surface area contributed by atoms with Gasteiger partial charge >= 0.3 is 10.4 Å². The van der Waals surface area contributed by atoms with Crippen LogP contribution in [0.1, 0.15) is 0 Å². The highest BCUT2D eigenvalue weighted by Crippen LogP contribution is 2.22. The Bertz CT molecular complexity index is 406. The van der Waals surface area contributed by atoms with Crippen molar-refractivity contribution >= 4 is 27.7 Å². The maximum Gasteiger partial charge on any atom is 0.394 e. The zero-order valence-corrected chi connectivity index (χ0v) is 9.79. The summed E-state index contributed by atoms with van der Waals surface area (Å²) in [6, 6.07) is 5.18. The number of anilines is 1. The fraction of sp³-hybridized carbons (Fsp3) is 0.143. The van der Waals surface area contributed by atoms with E-state index in [9.17, 15) is 0 Å². The molecule has 0 radical (unpaired) electrons. The lowest BCUT2D eigenvalue weighted by Crippen LogP contribution is -2.06. The fourth-order valence-electron chi connectivity index (χ4n) is 0.764. The van der Waals surface area contributed by atoms with Crippen molar-refractivity contribution in [2.75, 3.05) is 12.5 Å². The van der Waals surface area contributed by atoms with E-state index in [0.717, 1.165) is 5.69 Å². The number of methoxy groups -OCH3 is 1. The van der Waals surface area contributed by atoms with Crippen molar-refractivity contribution in [1.29, 1.82) is 0 Å². The van der Waals surface area contributed by atoms with Gasteiger partial charge in [-0.3, -0.25) is 14.9 Å². The summed E-state index contributed by atoms with van der Waals surface area (Å²) in [7, 11) is -3.09. The average Bonchev–Trinajstić information content (AvgIpc) is 2.14. The lowest BCUT2D eigenvalue weighted by molar-refractivity contribution is 0.381. The minimum atomic E-state index is -4.67. The summed E-state index contributed by atoms with van der Waals surface area (Å²) < 4.78 is 36.5. The van der Waals surface area contributed by atoms with Crippen LogP contribution < -0.4 is 16.0 Å². The predicted octanol–water partition coefficient (Wildman–Crippen LogP) is 0.981. The molecule has 0 saturated heterocycles. The first-order chi connectivity index (χ1) is 7.26. The maximum atomic E-state index is 8.74. The third-order valence-corrected chi connectivity index (χ3v) is 1.49. The quantitative estimate of drug-likeness (QED) is 0.359. The van der Waals surface area contributed by atoms with Crippen LogP contribution in [0.2, 0.25) is 5.02 Å². The van der Waals surface area contributed by atoms with Crippen molar-refractivity contribution in [2.45, 2.75) is 0 Å². The number of rotatable bonds is 2. The monoisotopic (exact) mass is 270 g/mol. The number of benzene rings is 1. The molecule has 5 N–H and O–H groups in total. The molecule has 0 aliphatic carbocycles. The van der Waals surface area contributed by atoms with E-state index in [4.69, 9.17) is 39.7 Å². The molecule has 0 saturated carbocycles. The van der Waals surface area contributed by atoms with Gasteiger partial charge in [0.05, 0.1) is 12.8 Å². The first kappa shape index (κ1) is 14.9. The van der Waals surface area contributed by atoms with Crippen molar-refractivity contribution in [2.24, 2.45) is 5.84 Å². The van der Waals surface area contributed by atoms with Crippen LogP contribution in [0, 0.1) is 0 Å². The standard InChI is InChI=1S/C7H9ClN2O.H2O4S/c1-11-7-3-5(8)2-6(4-7)10-9;1-5(2,3)4/h2-4,10H,9H2,1H3;(H2,1,2,3,4). The minimum absolute atomic E-state index is 0.595. The molecule has 7 nitrogen and oxygen atoms in total. The smallest absolute Gasteiger partial charge is 0.394 e. The Morgan fingerprint density at radius 3 is 2.25 bits per heavy atom. The van der Waals surface area contributed by atoms with E-state index < -0.39 is 10.4 Å². The topological polar surface area (TPSA) is 122 Å². The van der Waals surface area contributed by atoms with Crippen LogP contribution in [0.15, 0.2) is 18.2 Å². The van der Waals surface area contributed by atoms with Crippen molar-refractivity contribution < 1.29 is 22.3 Å². The number of nitrogen functional groups attached to an aromatic ring is 1. The molecule has 0 unspecified atom stereocenters. The summed E-state index contributed by atoms with van der Waals surface area (Å²) in [4.78, 5) is 0. The zero-order chi connectivity index (χ0) is 12.8.